The first kappa shape index (κ1) is 36.4. The highest BCUT2D eigenvalue weighted by Gasteiger charge is 2.62. The molecule has 51 heavy (non-hydrogen) atoms. The zero-order valence-electron chi connectivity index (χ0n) is 29.5. The monoisotopic (exact) mass is 720 g/mol. The van der Waals surface area contributed by atoms with Crippen LogP contribution in [-0.2, 0) is 29.1 Å². The second-order valence-electron chi connectivity index (χ2n) is 15.2. The number of ether oxygens (including phenoxy) is 2. The normalized spacial score (nSPS) is 28.2. The van der Waals surface area contributed by atoms with E-state index in [1.165, 1.54) is 11.0 Å². The number of nitrogens with one attached hydrogen (secondary N) is 3. The largest absolute Gasteiger partial charge is 0.488 e. The molecule has 1 saturated heterocycles. The molecule has 5 atom stereocenters. The average Bonchev–Trinajstić information content (AvgIpc) is 4.01. The Bertz CT molecular complexity index is 1850. The van der Waals surface area contributed by atoms with Gasteiger partial charge in [-0.1, -0.05) is 69.3 Å². The van der Waals surface area contributed by atoms with Gasteiger partial charge in [0.15, 0.2) is 0 Å². The zero-order chi connectivity index (χ0) is 36.6. The predicted octanol–water partition coefficient (Wildman–Crippen LogP) is 4.59. The fourth-order valence-electron chi connectivity index (χ4n) is 7.01. The molecule has 2 aromatic carbocycles. The number of carbonyl (C=O) groups excluding carboxylic acids is 4. The Morgan fingerprint density at radius 3 is 2.55 bits per heavy atom. The van der Waals surface area contributed by atoms with Crippen LogP contribution >= 0.6 is 0 Å². The number of hydrogen-bond acceptors (Lipinski definition) is 8. The molecule has 2 saturated carbocycles. The molecule has 2 aliphatic carbocycles. The maximum Gasteiger partial charge on any atom is 0.407 e. The molecule has 3 fully saturated rings. The van der Waals surface area contributed by atoms with E-state index < -0.39 is 74.1 Å². The smallest absolute Gasteiger partial charge is 0.407 e. The predicted molar refractivity (Wildman–Crippen MR) is 193 cm³/mol. The van der Waals surface area contributed by atoms with Gasteiger partial charge in [-0.25, -0.2) is 13.2 Å². The quantitative estimate of drug-likeness (QED) is 0.366. The summed E-state index contributed by atoms with van der Waals surface area (Å²) < 4.78 is 39.6. The van der Waals surface area contributed by atoms with E-state index in [9.17, 15) is 27.6 Å². The number of rotatable bonds is 6. The number of alkyl carbamates (subject to hydrolysis) is 1. The fraction of sp³-hybridized carbons (Fsp3) is 0.526. The molecule has 3 N–H and O–H groups in total. The number of carbonyl (C=O) groups is 4. The minimum atomic E-state index is -3.88. The lowest BCUT2D eigenvalue weighted by Gasteiger charge is -2.35. The number of sulfonamides is 1. The Hall–Kier alpha value is -4.39. The number of allylic oxidation sites excluding steroid dienone is 1. The molecular weight excluding hydrogens is 673 g/mol. The van der Waals surface area contributed by atoms with Gasteiger partial charge in [0, 0.05) is 17.9 Å². The van der Waals surface area contributed by atoms with Crippen LogP contribution in [0.25, 0.3) is 16.8 Å². The van der Waals surface area contributed by atoms with Crippen LogP contribution in [0, 0.1) is 11.3 Å². The third-order valence-corrected chi connectivity index (χ3v) is 12.0. The fourth-order valence-corrected chi connectivity index (χ4v) is 8.37. The van der Waals surface area contributed by atoms with Crippen molar-refractivity contribution >= 4 is 50.7 Å². The average molecular weight is 721 g/mol. The van der Waals surface area contributed by atoms with E-state index in [1.807, 2.05) is 63.2 Å². The molecule has 274 valence electrons. The minimum Gasteiger partial charge on any atom is -0.488 e. The van der Waals surface area contributed by atoms with Crippen molar-refractivity contribution in [2.24, 2.45) is 11.3 Å². The molecule has 2 aromatic rings. The Morgan fingerprint density at radius 1 is 1.08 bits per heavy atom. The molecule has 4 amide bonds. The number of benzene rings is 2. The van der Waals surface area contributed by atoms with Gasteiger partial charge < -0.3 is 25.0 Å². The Balaban J connectivity index is 1.34. The number of amides is 4. The van der Waals surface area contributed by atoms with Gasteiger partial charge in [-0.15, -0.1) is 6.58 Å². The summed E-state index contributed by atoms with van der Waals surface area (Å²) in [4.78, 5) is 56.5. The number of hydrogen-bond donors (Lipinski definition) is 3. The summed E-state index contributed by atoms with van der Waals surface area (Å²) in [5, 5.41) is 6.98. The highest BCUT2D eigenvalue weighted by Crippen LogP contribution is 2.45. The molecule has 6 rings (SSSR count). The van der Waals surface area contributed by atoms with Crippen LogP contribution in [0.15, 0.2) is 55.1 Å². The lowest BCUT2D eigenvalue weighted by atomic mass is 9.85. The van der Waals surface area contributed by atoms with E-state index in [4.69, 9.17) is 9.47 Å². The molecule has 13 heteroatoms. The third-order valence-electron chi connectivity index (χ3n) is 10.2. The van der Waals surface area contributed by atoms with Crippen LogP contribution in [0.5, 0.6) is 5.75 Å². The van der Waals surface area contributed by atoms with Crippen LogP contribution in [0.3, 0.4) is 0 Å². The summed E-state index contributed by atoms with van der Waals surface area (Å²) in [5.74, 6) is -1.84. The second kappa shape index (κ2) is 14.3. The van der Waals surface area contributed by atoms with Gasteiger partial charge in [0.2, 0.25) is 21.8 Å². The van der Waals surface area contributed by atoms with Crippen molar-refractivity contribution in [2.45, 2.75) is 101 Å². The van der Waals surface area contributed by atoms with Gasteiger partial charge in [-0.3, -0.25) is 19.1 Å². The molecule has 4 aliphatic rings. The lowest BCUT2D eigenvalue weighted by molar-refractivity contribution is -0.142. The van der Waals surface area contributed by atoms with Crippen molar-refractivity contribution < 1.29 is 37.1 Å². The van der Waals surface area contributed by atoms with Crippen molar-refractivity contribution in [3.63, 3.8) is 0 Å². The third kappa shape index (κ3) is 7.93. The van der Waals surface area contributed by atoms with Crippen molar-refractivity contribution in [1.29, 1.82) is 0 Å². The topological polar surface area (TPSA) is 160 Å². The van der Waals surface area contributed by atoms with Crippen LogP contribution in [0.4, 0.5) is 4.79 Å². The molecule has 2 aliphatic heterocycles. The van der Waals surface area contributed by atoms with Gasteiger partial charge in [0.25, 0.3) is 5.91 Å². The minimum absolute atomic E-state index is 0.0242. The number of fused-ring (bicyclic) bond motifs is 5. The Kier molecular flexibility index (Phi) is 10.2. The molecule has 0 aromatic heterocycles. The van der Waals surface area contributed by atoms with E-state index in [0.29, 0.717) is 25.0 Å². The highest BCUT2D eigenvalue weighted by molar-refractivity contribution is 7.91. The van der Waals surface area contributed by atoms with Crippen molar-refractivity contribution in [2.75, 3.05) is 13.2 Å². The number of cyclic esters (lactones) is 1. The first-order valence-electron chi connectivity index (χ1n) is 17.8. The van der Waals surface area contributed by atoms with Gasteiger partial charge in [-0.05, 0) is 67.2 Å². The molecule has 2 heterocycles. The van der Waals surface area contributed by atoms with E-state index in [0.717, 1.165) is 35.6 Å². The Labute approximate surface area is 299 Å². The van der Waals surface area contributed by atoms with Gasteiger partial charge in [0.05, 0.1) is 18.4 Å². The van der Waals surface area contributed by atoms with E-state index in [1.54, 1.807) is 0 Å². The van der Waals surface area contributed by atoms with Gasteiger partial charge in [-0.2, -0.15) is 0 Å². The van der Waals surface area contributed by atoms with E-state index >= 15 is 0 Å². The van der Waals surface area contributed by atoms with E-state index in [-0.39, 0.29) is 26.0 Å². The van der Waals surface area contributed by atoms with Crippen LogP contribution < -0.4 is 20.1 Å². The van der Waals surface area contributed by atoms with Crippen molar-refractivity contribution in [3.05, 3.63) is 60.7 Å². The summed E-state index contributed by atoms with van der Waals surface area (Å²) >= 11 is 0. The van der Waals surface area contributed by atoms with Gasteiger partial charge >= 0.3 is 6.09 Å². The molecular formula is C38H48N4O8S. The van der Waals surface area contributed by atoms with Gasteiger partial charge in [0.1, 0.15) is 29.5 Å². The summed E-state index contributed by atoms with van der Waals surface area (Å²) in [6.07, 6.45) is 8.74. The second-order valence-corrected chi connectivity index (χ2v) is 17.2. The molecule has 0 radical (unpaired) electrons. The van der Waals surface area contributed by atoms with Crippen molar-refractivity contribution in [1.82, 2.24) is 20.3 Å². The maximum absolute atomic E-state index is 14.5. The molecule has 12 nitrogen and oxygen atoms in total. The summed E-state index contributed by atoms with van der Waals surface area (Å²) in [7, 11) is -3.88. The molecule has 1 unspecified atom stereocenters. The SMILES string of the molecule is C=C[C@H]1C[C@]1(NC(=O)[C@@H]1C[C@@H]2CN1C(=O)C(C(C)(C)C)NC(=O)OCCCCC/C=C/c1c(ccc3ccccc13)O2)C(=O)NS(=O)(=O)C1CC1. The molecule has 2 bridgehead atoms. The molecule has 0 spiro atoms. The highest BCUT2D eigenvalue weighted by atomic mass is 32.2. The van der Waals surface area contributed by atoms with Crippen LogP contribution in [-0.4, -0.2) is 79.3 Å². The summed E-state index contributed by atoms with van der Waals surface area (Å²) in [6.45, 7) is 9.44. The van der Waals surface area contributed by atoms with Crippen LogP contribution in [0.2, 0.25) is 0 Å². The first-order valence-corrected chi connectivity index (χ1v) is 19.4. The zero-order valence-corrected chi connectivity index (χ0v) is 30.3. The maximum atomic E-state index is 14.5. The Morgan fingerprint density at radius 2 is 1.84 bits per heavy atom. The number of nitrogens with zero attached hydrogens (tertiary/aromatic N) is 1. The lowest BCUT2D eigenvalue weighted by Crippen LogP contribution is -2.60. The van der Waals surface area contributed by atoms with Crippen LogP contribution in [0.1, 0.15) is 77.7 Å². The summed E-state index contributed by atoms with van der Waals surface area (Å²) in [6, 6.07) is 9.72. The first-order chi connectivity index (χ1) is 24.2. The standard InChI is InChI=1S/C38H48N4O8S/c1-5-25-22-38(25,35(45)41-51(47,48)27-17-18-27)40-33(43)30-21-26-23-42(30)34(44)32(37(2,3)4)39-36(46)49-20-12-8-6-7-9-15-29-28-14-11-10-13-24(28)16-19-31(29)50-26/h5,9-11,13-16,19,25-27,30,32H,1,6-8,12,17-18,20-23H2,2-4H3,(H,39,46)(H,40,43)(H,41,45)/b15-9+/t25-,26+,30-,32?,38+/m0/s1. The van der Waals surface area contributed by atoms with E-state index in [2.05, 4.69) is 28.0 Å². The van der Waals surface area contributed by atoms with Crippen molar-refractivity contribution in [3.8, 4) is 5.75 Å². The summed E-state index contributed by atoms with van der Waals surface area (Å²) in [5.41, 5.74) is -1.40.